The van der Waals surface area contributed by atoms with E-state index in [4.69, 9.17) is 0 Å². The number of anilines is 1. The Morgan fingerprint density at radius 3 is 2.56 bits per heavy atom. The molecular formula is C19H16N4O4. The van der Waals surface area contributed by atoms with Crippen LogP contribution in [0, 0.1) is 5.92 Å². The van der Waals surface area contributed by atoms with Crippen molar-refractivity contribution >= 4 is 34.4 Å². The molecule has 8 nitrogen and oxygen atoms in total. The van der Waals surface area contributed by atoms with Crippen molar-refractivity contribution in [3.8, 4) is 0 Å². The summed E-state index contributed by atoms with van der Waals surface area (Å²) in [6.07, 6.45) is 0. The fourth-order valence-corrected chi connectivity index (χ4v) is 3.30. The molecule has 2 heterocycles. The fourth-order valence-electron chi connectivity index (χ4n) is 3.30. The van der Waals surface area contributed by atoms with E-state index in [-0.39, 0.29) is 12.2 Å². The lowest BCUT2D eigenvalue weighted by Gasteiger charge is -2.16. The normalized spacial score (nSPS) is 19.4. The van der Waals surface area contributed by atoms with Crippen molar-refractivity contribution in [3.05, 3.63) is 60.3 Å². The number of hydrogen-bond donors (Lipinski definition) is 3. The van der Waals surface area contributed by atoms with E-state index in [0.29, 0.717) is 16.6 Å². The van der Waals surface area contributed by atoms with Crippen LogP contribution in [0.2, 0.25) is 0 Å². The molecule has 0 unspecified atom stereocenters. The van der Waals surface area contributed by atoms with Crippen LogP contribution < -0.4 is 10.2 Å². The number of benzene rings is 2. The van der Waals surface area contributed by atoms with Gasteiger partial charge in [-0.15, -0.1) is 0 Å². The molecule has 1 aliphatic rings. The van der Waals surface area contributed by atoms with Crippen molar-refractivity contribution in [2.24, 2.45) is 5.92 Å². The number of amides is 2. The standard InChI is InChI=1S/C19H16N4O4/c24-17(15-12-8-4-5-9-14(12)21-22-15)20-16-13(19(26)27)10-23(18(16)25)11-6-2-1-3-7-11/h1-9,13,16H,10H2,(H,20,24)(H,21,22)(H,26,27)/t13-,16-/m0/s1. The summed E-state index contributed by atoms with van der Waals surface area (Å²) >= 11 is 0. The molecule has 1 fully saturated rings. The SMILES string of the molecule is O=C(N[C@@H]1C(=O)N(c2ccccc2)C[C@@H]1C(=O)O)c1n[nH]c2ccccc12. The molecule has 8 heteroatoms. The topological polar surface area (TPSA) is 115 Å². The minimum absolute atomic E-state index is 0.00948. The van der Waals surface area contributed by atoms with E-state index < -0.39 is 29.7 Å². The summed E-state index contributed by atoms with van der Waals surface area (Å²) in [5.41, 5.74) is 1.40. The minimum atomic E-state index is -1.16. The smallest absolute Gasteiger partial charge is 0.310 e. The second-order valence-electron chi connectivity index (χ2n) is 6.30. The van der Waals surface area contributed by atoms with E-state index in [0.717, 1.165) is 0 Å². The second kappa shape index (κ2) is 6.56. The molecule has 0 aliphatic carbocycles. The summed E-state index contributed by atoms with van der Waals surface area (Å²) in [6.45, 7) is -0.00948. The van der Waals surface area contributed by atoms with Gasteiger partial charge in [-0.1, -0.05) is 36.4 Å². The van der Waals surface area contributed by atoms with Crippen LogP contribution in [0.15, 0.2) is 54.6 Å². The van der Waals surface area contributed by atoms with E-state index in [1.165, 1.54) is 4.90 Å². The number of aromatic nitrogens is 2. The molecule has 1 aliphatic heterocycles. The fraction of sp³-hybridized carbons (Fsp3) is 0.158. The number of nitrogens with one attached hydrogen (secondary N) is 2. The Balaban J connectivity index is 1.62. The van der Waals surface area contributed by atoms with Gasteiger partial charge >= 0.3 is 5.97 Å². The Hall–Kier alpha value is -3.68. The first-order valence-corrected chi connectivity index (χ1v) is 8.39. The van der Waals surface area contributed by atoms with Crippen molar-refractivity contribution in [2.75, 3.05) is 11.4 Å². The monoisotopic (exact) mass is 364 g/mol. The molecule has 0 saturated carbocycles. The number of carboxylic acid groups (broad SMARTS) is 1. The highest BCUT2D eigenvalue weighted by atomic mass is 16.4. The Kier molecular flexibility index (Phi) is 4.08. The first kappa shape index (κ1) is 16.8. The molecule has 3 aromatic rings. The van der Waals surface area contributed by atoms with E-state index in [9.17, 15) is 19.5 Å². The first-order valence-electron chi connectivity index (χ1n) is 8.39. The van der Waals surface area contributed by atoms with Crippen LogP contribution in [-0.2, 0) is 9.59 Å². The average Bonchev–Trinajstić information content (AvgIpc) is 3.24. The van der Waals surface area contributed by atoms with Gasteiger partial charge in [-0.3, -0.25) is 19.5 Å². The molecule has 4 rings (SSSR count). The zero-order valence-electron chi connectivity index (χ0n) is 14.1. The van der Waals surface area contributed by atoms with Crippen molar-refractivity contribution in [3.63, 3.8) is 0 Å². The Labute approximate surface area is 153 Å². The van der Waals surface area contributed by atoms with E-state index in [1.807, 2.05) is 0 Å². The zero-order chi connectivity index (χ0) is 19.0. The lowest BCUT2D eigenvalue weighted by molar-refractivity contribution is -0.142. The van der Waals surface area contributed by atoms with Crippen LogP contribution in [0.25, 0.3) is 10.9 Å². The van der Waals surface area contributed by atoms with E-state index in [2.05, 4.69) is 15.5 Å². The minimum Gasteiger partial charge on any atom is -0.481 e. The highest BCUT2D eigenvalue weighted by Crippen LogP contribution is 2.26. The van der Waals surface area contributed by atoms with Gasteiger partial charge in [0, 0.05) is 17.6 Å². The largest absolute Gasteiger partial charge is 0.481 e. The number of fused-ring (bicyclic) bond motifs is 1. The number of carbonyl (C=O) groups is 3. The number of carbonyl (C=O) groups excluding carboxylic acids is 2. The maximum Gasteiger partial charge on any atom is 0.310 e. The molecule has 0 radical (unpaired) electrons. The molecule has 2 amide bonds. The quantitative estimate of drug-likeness (QED) is 0.647. The molecule has 3 N–H and O–H groups in total. The van der Waals surface area contributed by atoms with E-state index >= 15 is 0 Å². The highest BCUT2D eigenvalue weighted by molar-refractivity contribution is 6.09. The van der Waals surface area contributed by atoms with Gasteiger partial charge < -0.3 is 15.3 Å². The maximum absolute atomic E-state index is 12.8. The molecule has 2 atom stereocenters. The number of aliphatic carboxylic acids is 1. The van der Waals surface area contributed by atoms with Gasteiger partial charge in [0.15, 0.2) is 5.69 Å². The third-order valence-electron chi connectivity index (χ3n) is 4.67. The first-order chi connectivity index (χ1) is 13.1. The van der Waals surface area contributed by atoms with Crippen molar-refractivity contribution < 1.29 is 19.5 Å². The summed E-state index contributed by atoms with van der Waals surface area (Å²) in [4.78, 5) is 38.5. The van der Waals surface area contributed by atoms with Crippen LogP contribution >= 0.6 is 0 Å². The predicted octanol–water partition coefficient (Wildman–Crippen LogP) is 1.41. The average molecular weight is 364 g/mol. The van der Waals surface area contributed by atoms with Crippen LogP contribution in [0.4, 0.5) is 5.69 Å². The predicted molar refractivity (Wildman–Crippen MR) is 97.3 cm³/mol. The third-order valence-corrected chi connectivity index (χ3v) is 4.67. The summed E-state index contributed by atoms with van der Waals surface area (Å²) in [5.74, 6) is -3.24. The number of carboxylic acids is 1. The summed E-state index contributed by atoms with van der Waals surface area (Å²) < 4.78 is 0. The number of H-pyrrole nitrogens is 1. The number of para-hydroxylation sites is 2. The van der Waals surface area contributed by atoms with E-state index in [1.54, 1.807) is 54.6 Å². The van der Waals surface area contributed by atoms with Gasteiger partial charge in [0.2, 0.25) is 0 Å². The number of hydrogen-bond acceptors (Lipinski definition) is 4. The summed E-state index contributed by atoms with van der Waals surface area (Å²) in [6, 6.07) is 14.7. The Bertz CT molecular complexity index is 1030. The van der Waals surface area contributed by atoms with Gasteiger partial charge in [0.25, 0.3) is 11.8 Å². The maximum atomic E-state index is 12.8. The highest BCUT2D eigenvalue weighted by Gasteiger charge is 2.46. The molecule has 136 valence electrons. The molecule has 0 spiro atoms. The Morgan fingerprint density at radius 2 is 1.81 bits per heavy atom. The molecule has 1 aromatic heterocycles. The van der Waals surface area contributed by atoms with Gasteiger partial charge in [-0.25, -0.2) is 0 Å². The molecule has 2 aromatic carbocycles. The zero-order valence-corrected chi connectivity index (χ0v) is 14.1. The van der Waals surface area contributed by atoms with Gasteiger partial charge in [0.1, 0.15) is 12.0 Å². The molecule has 1 saturated heterocycles. The molecule has 27 heavy (non-hydrogen) atoms. The van der Waals surface area contributed by atoms with Crippen LogP contribution in [-0.4, -0.2) is 45.7 Å². The lowest BCUT2D eigenvalue weighted by Crippen LogP contribution is -2.46. The van der Waals surface area contributed by atoms with Crippen LogP contribution in [0.3, 0.4) is 0 Å². The van der Waals surface area contributed by atoms with Gasteiger partial charge in [-0.2, -0.15) is 5.10 Å². The van der Waals surface area contributed by atoms with Crippen molar-refractivity contribution in [1.82, 2.24) is 15.5 Å². The number of rotatable bonds is 4. The molecular weight excluding hydrogens is 348 g/mol. The third kappa shape index (κ3) is 2.91. The van der Waals surface area contributed by atoms with Crippen molar-refractivity contribution in [2.45, 2.75) is 6.04 Å². The van der Waals surface area contributed by atoms with Gasteiger partial charge in [0.05, 0.1) is 5.52 Å². The van der Waals surface area contributed by atoms with Crippen LogP contribution in [0.5, 0.6) is 0 Å². The van der Waals surface area contributed by atoms with Gasteiger partial charge in [-0.05, 0) is 18.2 Å². The van der Waals surface area contributed by atoms with Crippen molar-refractivity contribution in [1.29, 1.82) is 0 Å². The number of nitrogens with zero attached hydrogens (tertiary/aromatic N) is 2. The number of aromatic amines is 1. The van der Waals surface area contributed by atoms with Crippen LogP contribution in [0.1, 0.15) is 10.5 Å². The summed E-state index contributed by atoms with van der Waals surface area (Å²) in [5, 5.41) is 19.4. The second-order valence-corrected chi connectivity index (χ2v) is 6.30. The lowest BCUT2D eigenvalue weighted by atomic mass is 10.0. The summed E-state index contributed by atoms with van der Waals surface area (Å²) in [7, 11) is 0. The molecule has 0 bridgehead atoms. The Morgan fingerprint density at radius 1 is 1.11 bits per heavy atom.